The zero-order chi connectivity index (χ0) is 11.4. The lowest BCUT2D eigenvalue weighted by atomic mass is 10.2. The highest BCUT2D eigenvalue weighted by Crippen LogP contribution is 2.17. The van der Waals surface area contributed by atoms with E-state index < -0.39 is 0 Å². The van der Waals surface area contributed by atoms with E-state index in [2.05, 4.69) is 18.7 Å². The summed E-state index contributed by atoms with van der Waals surface area (Å²) >= 11 is 0. The van der Waals surface area contributed by atoms with E-state index in [0.717, 1.165) is 19.5 Å². The lowest BCUT2D eigenvalue weighted by molar-refractivity contribution is -0.128. The third-order valence-corrected chi connectivity index (χ3v) is 3.10. The fourth-order valence-electron chi connectivity index (χ4n) is 2.28. The molecule has 0 radical (unpaired) electrons. The van der Waals surface area contributed by atoms with Crippen molar-refractivity contribution < 1.29 is 9.90 Å². The molecular weight excluding hydrogens is 192 g/mol. The van der Waals surface area contributed by atoms with Crippen molar-refractivity contribution in [1.82, 2.24) is 9.80 Å². The summed E-state index contributed by atoms with van der Waals surface area (Å²) in [7, 11) is 0. The van der Waals surface area contributed by atoms with Crippen molar-refractivity contribution in [2.45, 2.75) is 39.3 Å². The zero-order valence-electron chi connectivity index (χ0n) is 9.94. The molecule has 88 valence electrons. The lowest BCUT2D eigenvalue weighted by Crippen LogP contribution is -2.44. The van der Waals surface area contributed by atoms with Crippen LogP contribution in [0.25, 0.3) is 0 Å². The molecule has 0 aliphatic carbocycles. The van der Waals surface area contributed by atoms with Crippen molar-refractivity contribution in [1.29, 1.82) is 0 Å². The SMILES string of the molecule is CC(=O)N1CCC(N(CCO)C(C)C)C1. The number of hydrogen-bond donors (Lipinski definition) is 1. The van der Waals surface area contributed by atoms with Crippen LogP contribution in [-0.4, -0.2) is 59.1 Å². The topological polar surface area (TPSA) is 43.8 Å². The molecule has 1 rings (SSSR count). The van der Waals surface area contributed by atoms with Crippen LogP contribution in [0, 0.1) is 0 Å². The standard InChI is InChI=1S/C11H22N2O2/c1-9(2)13(6-7-14)11-4-5-12(8-11)10(3)15/h9,11,14H,4-8H2,1-3H3. The summed E-state index contributed by atoms with van der Waals surface area (Å²) in [6.07, 6.45) is 1.03. The molecule has 1 heterocycles. The molecule has 4 nitrogen and oxygen atoms in total. The molecule has 15 heavy (non-hydrogen) atoms. The second-order valence-corrected chi connectivity index (χ2v) is 4.46. The van der Waals surface area contributed by atoms with Gasteiger partial charge >= 0.3 is 0 Å². The third kappa shape index (κ3) is 3.18. The first kappa shape index (κ1) is 12.5. The van der Waals surface area contributed by atoms with Gasteiger partial charge < -0.3 is 10.0 Å². The minimum atomic E-state index is 0.158. The van der Waals surface area contributed by atoms with Gasteiger partial charge in [-0.1, -0.05) is 0 Å². The highest BCUT2D eigenvalue weighted by Gasteiger charge is 2.29. The molecule has 1 atom stereocenters. The van der Waals surface area contributed by atoms with Crippen molar-refractivity contribution in [2.75, 3.05) is 26.2 Å². The van der Waals surface area contributed by atoms with Gasteiger partial charge in [0, 0.05) is 38.6 Å². The number of carbonyl (C=O) groups excluding carboxylic acids is 1. The summed E-state index contributed by atoms with van der Waals surface area (Å²) in [4.78, 5) is 15.4. The molecule has 1 saturated heterocycles. The second kappa shape index (κ2) is 5.47. The minimum absolute atomic E-state index is 0.158. The number of aliphatic hydroxyl groups is 1. The molecule has 1 aliphatic heterocycles. The van der Waals surface area contributed by atoms with Crippen LogP contribution in [-0.2, 0) is 4.79 Å². The van der Waals surface area contributed by atoms with Crippen LogP contribution >= 0.6 is 0 Å². The second-order valence-electron chi connectivity index (χ2n) is 4.46. The van der Waals surface area contributed by atoms with Crippen LogP contribution in [0.4, 0.5) is 0 Å². The Morgan fingerprint density at radius 3 is 2.67 bits per heavy atom. The Kier molecular flexibility index (Phi) is 4.54. The summed E-state index contributed by atoms with van der Waals surface area (Å²) in [5.41, 5.74) is 0. The largest absolute Gasteiger partial charge is 0.395 e. The van der Waals surface area contributed by atoms with Crippen molar-refractivity contribution in [3.63, 3.8) is 0 Å². The molecule has 1 amide bonds. The predicted octanol–water partition coefficient (Wildman–Crippen LogP) is 0.310. The van der Waals surface area contributed by atoms with Crippen molar-refractivity contribution in [3.8, 4) is 0 Å². The average Bonchev–Trinajstić information content (AvgIpc) is 2.62. The van der Waals surface area contributed by atoms with Crippen LogP contribution in [0.2, 0.25) is 0 Å². The smallest absolute Gasteiger partial charge is 0.219 e. The molecule has 1 aliphatic rings. The number of hydrogen-bond acceptors (Lipinski definition) is 3. The fraction of sp³-hybridized carbons (Fsp3) is 0.909. The Morgan fingerprint density at radius 2 is 2.27 bits per heavy atom. The zero-order valence-corrected chi connectivity index (χ0v) is 9.94. The predicted molar refractivity (Wildman–Crippen MR) is 59.6 cm³/mol. The maximum Gasteiger partial charge on any atom is 0.219 e. The number of nitrogens with zero attached hydrogens (tertiary/aromatic N) is 2. The van der Waals surface area contributed by atoms with E-state index >= 15 is 0 Å². The van der Waals surface area contributed by atoms with E-state index in [1.807, 2.05) is 4.90 Å². The summed E-state index contributed by atoms with van der Waals surface area (Å²) in [6, 6.07) is 0.843. The number of rotatable bonds is 4. The van der Waals surface area contributed by atoms with E-state index in [0.29, 0.717) is 18.6 Å². The molecule has 0 aromatic rings. The van der Waals surface area contributed by atoms with Crippen LogP contribution in [0.15, 0.2) is 0 Å². The molecule has 1 unspecified atom stereocenters. The van der Waals surface area contributed by atoms with Gasteiger partial charge in [-0.3, -0.25) is 9.69 Å². The van der Waals surface area contributed by atoms with Gasteiger partial charge in [0.1, 0.15) is 0 Å². The van der Waals surface area contributed by atoms with Crippen molar-refractivity contribution in [2.24, 2.45) is 0 Å². The maximum atomic E-state index is 11.2. The van der Waals surface area contributed by atoms with Gasteiger partial charge in [0.2, 0.25) is 5.91 Å². The monoisotopic (exact) mass is 214 g/mol. The summed E-state index contributed by atoms with van der Waals surface area (Å²) in [5.74, 6) is 0.158. The van der Waals surface area contributed by atoms with Crippen molar-refractivity contribution >= 4 is 5.91 Å². The van der Waals surface area contributed by atoms with Gasteiger partial charge in [0.15, 0.2) is 0 Å². The van der Waals surface area contributed by atoms with Gasteiger partial charge in [-0.25, -0.2) is 0 Å². The first-order valence-electron chi connectivity index (χ1n) is 5.68. The molecule has 0 aromatic carbocycles. The minimum Gasteiger partial charge on any atom is -0.395 e. The van der Waals surface area contributed by atoms with Crippen LogP contribution < -0.4 is 0 Å². The molecule has 0 bridgehead atoms. The molecule has 0 spiro atoms. The first-order valence-corrected chi connectivity index (χ1v) is 5.68. The Balaban J connectivity index is 2.52. The highest BCUT2D eigenvalue weighted by atomic mass is 16.3. The van der Waals surface area contributed by atoms with E-state index in [1.54, 1.807) is 6.92 Å². The first-order chi connectivity index (χ1) is 7.06. The summed E-state index contributed by atoms with van der Waals surface area (Å²) in [6.45, 7) is 8.44. The van der Waals surface area contributed by atoms with Gasteiger partial charge in [-0.05, 0) is 20.3 Å². The summed E-state index contributed by atoms with van der Waals surface area (Å²) in [5, 5.41) is 9.00. The van der Waals surface area contributed by atoms with Crippen molar-refractivity contribution in [3.05, 3.63) is 0 Å². The maximum absolute atomic E-state index is 11.2. The molecule has 0 aromatic heterocycles. The Morgan fingerprint density at radius 1 is 1.60 bits per heavy atom. The Bertz CT molecular complexity index is 219. The van der Waals surface area contributed by atoms with E-state index in [4.69, 9.17) is 5.11 Å². The Labute approximate surface area is 91.9 Å². The van der Waals surface area contributed by atoms with Gasteiger partial charge in [-0.15, -0.1) is 0 Å². The van der Waals surface area contributed by atoms with E-state index in [1.165, 1.54) is 0 Å². The normalized spacial score (nSPS) is 21.7. The third-order valence-electron chi connectivity index (χ3n) is 3.10. The van der Waals surface area contributed by atoms with E-state index in [-0.39, 0.29) is 12.5 Å². The average molecular weight is 214 g/mol. The van der Waals surface area contributed by atoms with Gasteiger partial charge in [0.05, 0.1) is 6.61 Å². The van der Waals surface area contributed by atoms with Gasteiger partial charge in [0.25, 0.3) is 0 Å². The number of likely N-dealkylation sites (tertiary alicyclic amines) is 1. The molecular formula is C11H22N2O2. The molecule has 4 heteroatoms. The summed E-state index contributed by atoms with van der Waals surface area (Å²) < 4.78 is 0. The number of aliphatic hydroxyl groups excluding tert-OH is 1. The van der Waals surface area contributed by atoms with Crippen LogP contribution in [0.3, 0.4) is 0 Å². The molecule has 1 fully saturated rings. The number of amides is 1. The highest BCUT2D eigenvalue weighted by molar-refractivity contribution is 5.73. The number of carbonyl (C=O) groups is 1. The molecule has 1 N–H and O–H groups in total. The Hall–Kier alpha value is -0.610. The molecule has 0 saturated carbocycles. The van der Waals surface area contributed by atoms with Crippen LogP contribution in [0.5, 0.6) is 0 Å². The lowest BCUT2D eigenvalue weighted by Gasteiger charge is -2.31. The van der Waals surface area contributed by atoms with E-state index in [9.17, 15) is 4.79 Å². The van der Waals surface area contributed by atoms with Gasteiger partial charge in [-0.2, -0.15) is 0 Å². The fourth-order valence-corrected chi connectivity index (χ4v) is 2.28. The quantitative estimate of drug-likeness (QED) is 0.732. The van der Waals surface area contributed by atoms with Crippen LogP contribution in [0.1, 0.15) is 27.2 Å².